The fourth-order valence-electron chi connectivity index (χ4n) is 4.00. The van der Waals surface area contributed by atoms with Crippen LogP contribution in [0.25, 0.3) is 11.0 Å². The molecule has 0 aliphatic rings. The first-order valence-corrected chi connectivity index (χ1v) is 12.8. The Labute approximate surface area is 198 Å². The number of rotatable bonds is 17. The third kappa shape index (κ3) is 9.99. The van der Waals surface area contributed by atoms with Gasteiger partial charge < -0.3 is 20.2 Å². The first kappa shape index (κ1) is 26.9. The van der Waals surface area contributed by atoms with E-state index >= 15 is 0 Å². The number of aliphatic hydroxyl groups excluding tert-OH is 1. The van der Waals surface area contributed by atoms with Crippen molar-refractivity contribution in [2.45, 2.75) is 103 Å². The number of para-hydroxylation sites is 1. The molecule has 6 heteroatoms. The minimum atomic E-state index is -1.02. The van der Waals surface area contributed by atoms with Crippen LogP contribution >= 0.6 is 0 Å². The number of hydrogen-bond acceptors (Lipinski definition) is 4. The van der Waals surface area contributed by atoms with Crippen LogP contribution in [0.1, 0.15) is 101 Å². The predicted molar refractivity (Wildman–Crippen MR) is 133 cm³/mol. The van der Waals surface area contributed by atoms with Crippen LogP contribution in [0.3, 0.4) is 0 Å². The van der Waals surface area contributed by atoms with Crippen molar-refractivity contribution in [2.75, 3.05) is 6.54 Å². The summed E-state index contributed by atoms with van der Waals surface area (Å²) < 4.78 is 5.55. The minimum Gasteiger partial charge on any atom is -0.451 e. The number of carbonyl (C=O) groups is 2. The highest BCUT2D eigenvalue weighted by Crippen LogP contribution is 2.19. The number of nitrogens with one attached hydrogen (secondary N) is 2. The van der Waals surface area contributed by atoms with Gasteiger partial charge in [0.25, 0.3) is 5.91 Å². The Bertz CT molecular complexity index is 797. The van der Waals surface area contributed by atoms with Gasteiger partial charge >= 0.3 is 0 Å². The van der Waals surface area contributed by atoms with E-state index in [0.29, 0.717) is 12.1 Å². The lowest BCUT2D eigenvalue weighted by atomic mass is 10.1. The molecule has 0 bridgehead atoms. The number of carbonyl (C=O) groups excluding carboxylic acids is 2. The van der Waals surface area contributed by atoms with E-state index in [2.05, 4.69) is 17.6 Å². The molecule has 3 N–H and O–H groups in total. The summed E-state index contributed by atoms with van der Waals surface area (Å²) in [6.45, 7) is 4.28. The van der Waals surface area contributed by atoms with Crippen LogP contribution in [0.4, 0.5) is 0 Å². The van der Waals surface area contributed by atoms with Crippen molar-refractivity contribution in [3.63, 3.8) is 0 Å². The van der Waals surface area contributed by atoms with Gasteiger partial charge in [0.1, 0.15) is 11.6 Å². The average molecular weight is 459 g/mol. The quantitative estimate of drug-likeness (QED) is 0.264. The van der Waals surface area contributed by atoms with Crippen molar-refractivity contribution < 1.29 is 19.1 Å². The fraction of sp³-hybridized carbons (Fsp3) is 0.630. The van der Waals surface area contributed by atoms with Crippen LogP contribution in [0.2, 0.25) is 0 Å². The van der Waals surface area contributed by atoms with Crippen molar-refractivity contribution in [1.82, 2.24) is 10.6 Å². The molecule has 0 spiro atoms. The molecule has 0 saturated carbocycles. The summed E-state index contributed by atoms with van der Waals surface area (Å²) in [4.78, 5) is 25.0. The van der Waals surface area contributed by atoms with E-state index in [4.69, 9.17) is 4.42 Å². The van der Waals surface area contributed by atoms with Crippen molar-refractivity contribution in [3.8, 4) is 0 Å². The third-order valence-electron chi connectivity index (χ3n) is 6.03. The number of unbranched alkanes of at least 4 members (excludes halogenated alkanes) is 11. The third-order valence-corrected chi connectivity index (χ3v) is 6.03. The van der Waals surface area contributed by atoms with Gasteiger partial charge in [-0.1, -0.05) is 95.8 Å². The molecule has 0 aliphatic carbocycles. The Balaban J connectivity index is 1.59. The van der Waals surface area contributed by atoms with Crippen molar-refractivity contribution in [1.29, 1.82) is 0 Å². The van der Waals surface area contributed by atoms with Crippen molar-refractivity contribution >= 4 is 22.8 Å². The molecule has 2 atom stereocenters. The second kappa shape index (κ2) is 15.5. The molecule has 0 unspecified atom stereocenters. The highest BCUT2D eigenvalue weighted by molar-refractivity contribution is 5.98. The summed E-state index contributed by atoms with van der Waals surface area (Å²) in [5.41, 5.74) is 0.604. The predicted octanol–water partition coefficient (Wildman–Crippen LogP) is 5.73. The lowest BCUT2D eigenvalue weighted by Gasteiger charge is -2.20. The van der Waals surface area contributed by atoms with Gasteiger partial charge in [0.2, 0.25) is 5.91 Å². The van der Waals surface area contributed by atoms with E-state index in [-0.39, 0.29) is 11.7 Å². The number of fused-ring (bicyclic) bond motifs is 1. The van der Waals surface area contributed by atoms with Crippen LogP contribution in [0, 0.1) is 0 Å². The summed E-state index contributed by atoms with van der Waals surface area (Å²) in [5, 5.41) is 16.3. The number of aliphatic hydroxyl groups is 1. The summed E-state index contributed by atoms with van der Waals surface area (Å²) in [5.74, 6) is -0.772. The monoisotopic (exact) mass is 458 g/mol. The number of benzene rings is 1. The zero-order valence-corrected chi connectivity index (χ0v) is 20.4. The van der Waals surface area contributed by atoms with Crippen molar-refractivity contribution in [3.05, 3.63) is 36.1 Å². The molecular formula is C27H42N2O4. The number of amides is 2. The highest BCUT2D eigenvalue weighted by atomic mass is 16.3. The maximum Gasteiger partial charge on any atom is 0.287 e. The van der Waals surface area contributed by atoms with Gasteiger partial charge in [-0.25, -0.2) is 0 Å². The molecular weight excluding hydrogens is 416 g/mol. The zero-order chi connectivity index (χ0) is 23.9. The summed E-state index contributed by atoms with van der Waals surface area (Å²) in [6.07, 6.45) is 14.1. The van der Waals surface area contributed by atoms with Crippen LogP contribution in [0.5, 0.6) is 0 Å². The Hall–Kier alpha value is -2.34. The SMILES string of the molecule is CCCCCCCCCCCCCCNC(=O)[C@@H](NC(=O)c1cc2ccccc2o1)[C@@H](C)O. The standard InChI is InChI=1S/C27H42N2O4/c1-3-4-5-6-7-8-9-10-11-12-13-16-19-28-27(32)25(21(2)30)29-26(31)24-20-22-17-14-15-18-23(22)33-24/h14-15,17-18,20-21,25,30H,3-13,16,19H2,1-2H3,(H,28,32)(H,29,31)/t21-,25+/m1/s1. The maximum absolute atomic E-state index is 12.5. The average Bonchev–Trinajstić information content (AvgIpc) is 3.24. The van der Waals surface area contributed by atoms with Gasteiger partial charge in [0, 0.05) is 11.9 Å². The second-order valence-electron chi connectivity index (χ2n) is 9.02. The van der Waals surface area contributed by atoms with Gasteiger partial charge in [0.15, 0.2) is 5.76 Å². The summed E-state index contributed by atoms with van der Waals surface area (Å²) >= 11 is 0. The molecule has 1 aromatic carbocycles. The van der Waals surface area contributed by atoms with E-state index in [1.54, 1.807) is 12.1 Å². The first-order valence-electron chi connectivity index (χ1n) is 12.8. The van der Waals surface area contributed by atoms with Crippen molar-refractivity contribution in [2.24, 2.45) is 0 Å². The second-order valence-corrected chi connectivity index (χ2v) is 9.02. The van der Waals surface area contributed by atoms with Gasteiger partial charge in [-0.2, -0.15) is 0 Å². The molecule has 1 aromatic heterocycles. The Morgan fingerprint density at radius 3 is 2.06 bits per heavy atom. The Kier molecular flexibility index (Phi) is 12.6. The topological polar surface area (TPSA) is 91.6 Å². The molecule has 0 aliphatic heterocycles. The number of furan rings is 1. The summed E-state index contributed by atoms with van der Waals surface area (Å²) in [7, 11) is 0. The van der Waals surface area contributed by atoms with Gasteiger partial charge in [-0.3, -0.25) is 9.59 Å². The van der Waals surface area contributed by atoms with E-state index in [9.17, 15) is 14.7 Å². The van der Waals surface area contributed by atoms with Crippen LogP contribution in [-0.4, -0.2) is 35.6 Å². The molecule has 6 nitrogen and oxygen atoms in total. The maximum atomic E-state index is 12.5. The zero-order valence-electron chi connectivity index (χ0n) is 20.4. The molecule has 0 fully saturated rings. The lowest BCUT2D eigenvalue weighted by molar-refractivity contribution is -0.125. The van der Waals surface area contributed by atoms with E-state index < -0.39 is 18.1 Å². The molecule has 184 valence electrons. The van der Waals surface area contributed by atoms with Crippen LogP contribution < -0.4 is 10.6 Å². The van der Waals surface area contributed by atoms with Gasteiger partial charge in [-0.05, 0) is 25.5 Å². The van der Waals surface area contributed by atoms with Crippen LogP contribution in [-0.2, 0) is 4.79 Å². The Morgan fingerprint density at radius 2 is 1.48 bits per heavy atom. The summed E-state index contributed by atoms with van der Waals surface area (Å²) in [6, 6.07) is 7.93. The van der Waals surface area contributed by atoms with Gasteiger partial charge in [-0.15, -0.1) is 0 Å². The van der Waals surface area contributed by atoms with Crippen LogP contribution in [0.15, 0.2) is 34.7 Å². The molecule has 2 amide bonds. The van der Waals surface area contributed by atoms with E-state index in [1.807, 2.05) is 18.2 Å². The molecule has 33 heavy (non-hydrogen) atoms. The minimum absolute atomic E-state index is 0.121. The molecule has 0 radical (unpaired) electrons. The largest absolute Gasteiger partial charge is 0.451 e. The smallest absolute Gasteiger partial charge is 0.287 e. The van der Waals surface area contributed by atoms with E-state index in [1.165, 1.54) is 71.1 Å². The van der Waals surface area contributed by atoms with Gasteiger partial charge in [0.05, 0.1) is 6.10 Å². The van der Waals surface area contributed by atoms with E-state index in [0.717, 1.165) is 18.2 Å². The Morgan fingerprint density at radius 1 is 0.909 bits per heavy atom. The molecule has 2 aromatic rings. The molecule has 2 rings (SSSR count). The number of hydrogen-bond donors (Lipinski definition) is 3. The normalized spacial score (nSPS) is 13.1. The fourth-order valence-corrected chi connectivity index (χ4v) is 4.00. The molecule has 1 heterocycles. The highest BCUT2D eigenvalue weighted by Gasteiger charge is 2.27. The lowest BCUT2D eigenvalue weighted by Crippen LogP contribution is -2.52. The molecule has 0 saturated heterocycles. The first-order chi connectivity index (χ1) is 16.0.